The van der Waals surface area contributed by atoms with Crippen molar-refractivity contribution >= 4 is 0 Å². The Morgan fingerprint density at radius 3 is 0.441 bits per heavy atom. The van der Waals surface area contributed by atoms with E-state index in [9.17, 15) is 0 Å². The first kappa shape index (κ1) is 33.5. The van der Waals surface area contributed by atoms with Crippen LogP contribution in [0.2, 0.25) is 0 Å². The summed E-state index contributed by atoms with van der Waals surface area (Å²) in [5.41, 5.74) is 10.9. The summed E-state index contributed by atoms with van der Waals surface area (Å²) < 4.78 is 0. The van der Waals surface area contributed by atoms with Crippen molar-refractivity contribution in [1.29, 1.82) is 0 Å². The Labute approximate surface area is 209 Å². The van der Waals surface area contributed by atoms with E-state index >= 15 is 0 Å². The highest BCUT2D eigenvalue weighted by Crippen LogP contribution is 1.66. The lowest BCUT2D eigenvalue weighted by Crippen LogP contribution is -2.38. The molecule has 0 aromatic rings. The smallest absolute Gasteiger partial charge is 0.00772 e. The first-order chi connectivity index (χ1) is 16.9. The summed E-state index contributed by atoms with van der Waals surface area (Å²) in [5, 5.41) is 34.0. The molecule has 12 heteroatoms. The van der Waals surface area contributed by atoms with E-state index in [0.29, 0.717) is 13.1 Å². The van der Waals surface area contributed by atoms with Crippen molar-refractivity contribution < 1.29 is 0 Å². The third kappa shape index (κ3) is 31.5. The van der Waals surface area contributed by atoms with Gasteiger partial charge in [-0.1, -0.05) is 0 Å². The van der Waals surface area contributed by atoms with E-state index in [1.54, 1.807) is 0 Å². The lowest BCUT2D eigenvalue weighted by molar-refractivity contribution is 0.542. The van der Waals surface area contributed by atoms with E-state index in [4.69, 9.17) is 11.5 Å². The average molecular weight is 491 g/mol. The molecule has 0 aromatic heterocycles. The molecule has 0 heterocycles. The van der Waals surface area contributed by atoms with Crippen LogP contribution >= 0.6 is 0 Å². The number of nitrogens with one attached hydrogen (secondary N) is 10. The molecule has 0 aliphatic heterocycles. The van der Waals surface area contributed by atoms with Crippen LogP contribution in [0.1, 0.15) is 0 Å². The quantitative estimate of drug-likeness (QED) is 0.0417. The van der Waals surface area contributed by atoms with Crippen LogP contribution in [0, 0.1) is 0 Å². The summed E-state index contributed by atoms with van der Waals surface area (Å²) >= 11 is 0. The maximum Gasteiger partial charge on any atom is 0.00772 e. The van der Waals surface area contributed by atoms with Crippen molar-refractivity contribution in [3.8, 4) is 0 Å². The van der Waals surface area contributed by atoms with Crippen molar-refractivity contribution in [2.45, 2.75) is 0 Å². The monoisotopic (exact) mass is 490 g/mol. The Morgan fingerprint density at radius 1 is 0.206 bits per heavy atom. The molecule has 0 spiro atoms. The van der Waals surface area contributed by atoms with Crippen molar-refractivity contribution in [3.05, 3.63) is 0 Å². The number of hydrogen-bond donors (Lipinski definition) is 12. The number of hydrogen-bond acceptors (Lipinski definition) is 12. The fourth-order valence-corrected chi connectivity index (χ4v) is 3.05. The molecule has 0 saturated heterocycles. The van der Waals surface area contributed by atoms with Gasteiger partial charge in [-0.3, -0.25) is 0 Å². The predicted octanol–water partition coefficient (Wildman–Crippen LogP) is -5.20. The van der Waals surface area contributed by atoms with Crippen molar-refractivity contribution in [2.24, 2.45) is 11.5 Å². The SMILES string of the molecule is NCCNCCNCCNCCNCCNCCNCCNCCNCCNCCNCCN. The fraction of sp³-hybridized carbons (Fsp3) is 1.00. The van der Waals surface area contributed by atoms with E-state index in [0.717, 1.165) is 131 Å². The molecule has 206 valence electrons. The second-order valence-corrected chi connectivity index (χ2v) is 8.08. The first-order valence-corrected chi connectivity index (χ1v) is 13.4. The Morgan fingerprint density at radius 2 is 0.324 bits per heavy atom. The molecule has 0 aliphatic rings. The normalized spacial score (nSPS) is 11.5. The molecule has 12 nitrogen and oxygen atoms in total. The predicted molar refractivity (Wildman–Crippen MR) is 147 cm³/mol. The van der Waals surface area contributed by atoms with Crippen LogP contribution in [-0.2, 0) is 0 Å². The zero-order valence-electron chi connectivity index (χ0n) is 21.7. The Bertz CT molecular complexity index is 320. The van der Waals surface area contributed by atoms with E-state index in [1.165, 1.54) is 0 Å². The molecular formula is C22H58N12. The topological polar surface area (TPSA) is 172 Å². The van der Waals surface area contributed by atoms with Crippen LogP contribution in [0.25, 0.3) is 0 Å². The second-order valence-electron chi connectivity index (χ2n) is 8.08. The third-order valence-electron chi connectivity index (χ3n) is 4.95. The Kier molecular flexibility index (Phi) is 32.1. The van der Waals surface area contributed by atoms with Gasteiger partial charge in [-0.2, -0.15) is 0 Å². The van der Waals surface area contributed by atoms with E-state index < -0.39 is 0 Å². The summed E-state index contributed by atoms with van der Waals surface area (Å²) in [6.07, 6.45) is 0. The number of nitrogens with two attached hydrogens (primary N) is 2. The average Bonchev–Trinajstić information content (AvgIpc) is 2.85. The van der Waals surface area contributed by atoms with Crippen LogP contribution in [0.15, 0.2) is 0 Å². The zero-order chi connectivity index (χ0) is 24.6. The Balaban J connectivity index is 2.99. The summed E-state index contributed by atoms with van der Waals surface area (Å²) in [5.74, 6) is 0. The van der Waals surface area contributed by atoms with E-state index in [2.05, 4.69) is 53.2 Å². The van der Waals surface area contributed by atoms with Gasteiger partial charge in [0.25, 0.3) is 0 Å². The molecule has 0 unspecified atom stereocenters. The summed E-state index contributed by atoms with van der Waals surface area (Å²) in [6, 6.07) is 0. The molecule has 0 saturated carbocycles. The minimum atomic E-state index is 0.701. The molecule has 14 N–H and O–H groups in total. The minimum Gasteiger partial charge on any atom is -0.329 e. The van der Waals surface area contributed by atoms with Gasteiger partial charge in [0.05, 0.1) is 0 Å². The van der Waals surface area contributed by atoms with Gasteiger partial charge < -0.3 is 64.6 Å². The minimum absolute atomic E-state index is 0.701. The third-order valence-corrected chi connectivity index (χ3v) is 4.95. The molecule has 34 heavy (non-hydrogen) atoms. The van der Waals surface area contributed by atoms with E-state index in [-0.39, 0.29) is 0 Å². The molecule has 0 rings (SSSR count). The zero-order valence-corrected chi connectivity index (χ0v) is 21.7. The van der Waals surface area contributed by atoms with Crippen molar-refractivity contribution in [3.63, 3.8) is 0 Å². The van der Waals surface area contributed by atoms with Crippen LogP contribution < -0.4 is 64.6 Å². The fourth-order valence-electron chi connectivity index (χ4n) is 3.05. The molecule has 0 aromatic carbocycles. The summed E-state index contributed by atoms with van der Waals surface area (Å²) in [6.45, 7) is 21.1. The van der Waals surface area contributed by atoms with Crippen LogP contribution in [-0.4, -0.2) is 144 Å². The van der Waals surface area contributed by atoms with Crippen molar-refractivity contribution in [1.82, 2.24) is 53.2 Å². The lowest BCUT2D eigenvalue weighted by Gasteiger charge is -2.10. The molecule has 0 amide bonds. The van der Waals surface area contributed by atoms with Crippen molar-refractivity contribution in [2.75, 3.05) is 144 Å². The lowest BCUT2D eigenvalue weighted by atomic mass is 10.5. The summed E-state index contributed by atoms with van der Waals surface area (Å²) in [7, 11) is 0. The van der Waals surface area contributed by atoms with Gasteiger partial charge >= 0.3 is 0 Å². The van der Waals surface area contributed by atoms with E-state index in [1.807, 2.05) is 0 Å². The largest absolute Gasteiger partial charge is 0.329 e. The van der Waals surface area contributed by atoms with Gasteiger partial charge in [-0.05, 0) is 0 Å². The van der Waals surface area contributed by atoms with Crippen LogP contribution in [0.4, 0.5) is 0 Å². The summed E-state index contributed by atoms with van der Waals surface area (Å²) in [4.78, 5) is 0. The van der Waals surface area contributed by atoms with Gasteiger partial charge in [0.15, 0.2) is 0 Å². The van der Waals surface area contributed by atoms with Gasteiger partial charge in [-0.25, -0.2) is 0 Å². The highest BCUT2D eigenvalue weighted by Gasteiger charge is 1.93. The maximum absolute atomic E-state index is 5.43. The molecule has 0 bridgehead atoms. The standard InChI is InChI=1S/C22H58N12/c23-1-3-25-5-7-27-9-11-29-13-15-31-17-19-33-21-22-34-20-18-32-16-14-30-12-10-28-8-6-26-4-2-24/h25-34H,1-24H2. The second kappa shape index (κ2) is 32.5. The molecular weight excluding hydrogens is 432 g/mol. The highest BCUT2D eigenvalue weighted by atomic mass is 15.0. The molecule has 0 radical (unpaired) electrons. The first-order valence-electron chi connectivity index (χ1n) is 13.4. The molecule has 0 atom stereocenters. The van der Waals surface area contributed by atoms with Gasteiger partial charge in [0.1, 0.15) is 0 Å². The van der Waals surface area contributed by atoms with Crippen LogP contribution in [0.3, 0.4) is 0 Å². The Hall–Kier alpha value is -0.480. The molecule has 0 aliphatic carbocycles. The van der Waals surface area contributed by atoms with Gasteiger partial charge in [0, 0.05) is 144 Å². The van der Waals surface area contributed by atoms with Gasteiger partial charge in [-0.15, -0.1) is 0 Å². The van der Waals surface area contributed by atoms with Crippen LogP contribution in [0.5, 0.6) is 0 Å². The number of rotatable bonds is 31. The maximum atomic E-state index is 5.43. The van der Waals surface area contributed by atoms with Gasteiger partial charge in [0.2, 0.25) is 0 Å². The highest BCUT2D eigenvalue weighted by molar-refractivity contribution is 4.60. The molecule has 0 fully saturated rings.